The van der Waals surface area contributed by atoms with Gasteiger partial charge in [-0.3, -0.25) is 14.5 Å². The molecule has 2 N–H and O–H groups in total. The summed E-state index contributed by atoms with van der Waals surface area (Å²) in [7, 11) is -2.23. The maximum Gasteiger partial charge on any atom is 0.265 e. The van der Waals surface area contributed by atoms with Crippen molar-refractivity contribution in [1.82, 2.24) is 10.0 Å². The first-order valence-corrected chi connectivity index (χ1v) is 11.2. The fraction of sp³-hybridized carbons (Fsp3) is 0.333. The van der Waals surface area contributed by atoms with Crippen LogP contribution in [0.25, 0.3) is 0 Å². The van der Waals surface area contributed by atoms with Gasteiger partial charge in [-0.1, -0.05) is 18.2 Å². The Morgan fingerprint density at radius 3 is 2.68 bits per heavy atom. The van der Waals surface area contributed by atoms with Gasteiger partial charge < -0.3 is 14.8 Å². The maximum atomic E-state index is 12.5. The molecule has 2 aromatic rings. The second-order valence-corrected chi connectivity index (χ2v) is 8.98. The lowest BCUT2D eigenvalue weighted by Gasteiger charge is -2.29. The van der Waals surface area contributed by atoms with Gasteiger partial charge in [0.25, 0.3) is 5.91 Å². The first-order valence-electron chi connectivity index (χ1n) is 9.69. The van der Waals surface area contributed by atoms with Gasteiger partial charge in [-0.25, -0.2) is 13.1 Å². The van der Waals surface area contributed by atoms with Crippen molar-refractivity contribution in [2.75, 3.05) is 25.2 Å². The van der Waals surface area contributed by atoms with Gasteiger partial charge in [0.1, 0.15) is 18.0 Å². The average molecular weight is 448 g/mol. The van der Waals surface area contributed by atoms with E-state index in [1.165, 1.54) is 23.1 Å². The van der Waals surface area contributed by atoms with Gasteiger partial charge in [-0.2, -0.15) is 0 Å². The monoisotopic (exact) mass is 447 g/mol. The molecule has 0 radical (unpaired) electrons. The fourth-order valence-electron chi connectivity index (χ4n) is 3.14. The van der Waals surface area contributed by atoms with Crippen molar-refractivity contribution in [1.29, 1.82) is 0 Å². The first-order chi connectivity index (χ1) is 14.7. The van der Waals surface area contributed by atoms with Crippen LogP contribution in [-0.4, -0.2) is 46.5 Å². The number of carbonyl (C=O) groups excluding carboxylic acids is 2. The van der Waals surface area contributed by atoms with Gasteiger partial charge in [0.05, 0.1) is 17.7 Å². The summed E-state index contributed by atoms with van der Waals surface area (Å²) in [6.45, 7) is 3.14. The first kappa shape index (κ1) is 22.6. The number of sulfonamides is 1. The molecule has 31 heavy (non-hydrogen) atoms. The molecular formula is C21H25N3O6S. The van der Waals surface area contributed by atoms with Gasteiger partial charge in [-0.15, -0.1) is 0 Å². The van der Waals surface area contributed by atoms with Crippen molar-refractivity contribution < 1.29 is 27.5 Å². The molecule has 0 spiro atoms. The number of carbonyl (C=O) groups is 2. The summed E-state index contributed by atoms with van der Waals surface area (Å²) >= 11 is 0. The Labute approximate surface area is 181 Å². The van der Waals surface area contributed by atoms with E-state index in [9.17, 15) is 18.0 Å². The molecule has 0 saturated heterocycles. The van der Waals surface area contributed by atoms with Crippen LogP contribution in [-0.2, 0) is 26.2 Å². The zero-order valence-electron chi connectivity index (χ0n) is 17.5. The number of hydrogen-bond acceptors (Lipinski definition) is 6. The summed E-state index contributed by atoms with van der Waals surface area (Å²) < 4.78 is 38.2. The predicted molar refractivity (Wildman–Crippen MR) is 115 cm³/mol. The molecule has 2 amide bonds. The third-order valence-electron chi connectivity index (χ3n) is 4.54. The largest absolute Gasteiger partial charge is 0.496 e. The summed E-state index contributed by atoms with van der Waals surface area (Å²) in [6, 6.07) is 11.2. The average Bonchev–Trinajstić information content (AvgIpc) is 2.73. The van der Waals surface area contributed by atoms with E-state index in [4.69, 9.17) is 9.47 Å². The number of para-hydroxylation sites is 1. The third kappa shape index (κ3) is 5.33. The normalized spacial score (nSPS) is 13.5. The lowest BCUT2D eigenvalue weighted by Crippen LogP contribution is -2.45. The quantitative estimate of drug-likeness (QED) is 0.633. The van der Waals surface area contributed by atoms with Crippen molar-refractivity contribution in [3.8, 4) is 11.5 Å². The SMILES string of the molecule is COc1ccccc1CNC(=O)CN1C(=O)COc2ccc(S(=O)(=O)NC(C)C)cc21. The van der Waals surface area contributed by atoms with E-state index in [-0.39, 0.29) is 36.3 Å². The number of amides is 2. The summed E-state index contributed by atoms with van der Waals surface area (Å²) in [5.74, 6) is 0.135. The van der Waals surface area contributed by atoms with Crippen LogP contribution in [0.3, 0.4) is 0 Å². The second kappa shape index (κ2) is 9.36. The van der Waals surface area contributed by atoms with Gasteiger partial charge >= 0.3 is 0 Å². The Hall–Kier alpha value is -3.11. The van der Waals surface area contributed by atoms with Crippen molar-refractivity contribution in [2.24, 2.45) is 0 Å². The van der Waals surface area contributed by atoms with Crippen LogP contribution in [0, 0.1) is 0 Å². The summed E-state index contributed by atoms with van der Waals surface area (Å²) in [4.78, 5) is 26.2. The molecule has 3 rings (SSSR count). The Kier molecular flexibility index (Phi) is 6.81. The number of benzene rings is 2. The highest BCUT2D eigenvalue weighted by atomic mass is 32.2. The molecule has 1 heterocycles. The van der Waals surface area contributed by atoms with E-state index in [2.05, 4.69) is 10.0 Å². The fourth-order valence-corrected chi connectivity index (χ4v) is 4.41. The highest BCUT2D eigenvalue weighted by molar-refractivity contribution is 7.89. The van der Waals surface area contributed by atoms with E-state index in [1.807, 2.05) is 18.2 Å². The highest BCUT2D eigenvalue weighted by Gasteiger charge is 2.29. The Balaban J connectivity index is 1.78. The number of nitrogens with one attached hydrogen (secondary N) is 2. The molecule has 0 bridgehead atoms. The Bertz CT molecular complexity index is 1080. The minimum absolute atomic E-state index is 0.0160. The molecule has 9 nitrogen and oxygen atoms in total. The number of fused-ring (bicyclic) bond motifs is 1. The third-order valence-corrected chi connectivity index (χ3v) is 6.20. The van der Waals surface area contributed by atoms with Crippen LogP contribution in [0.5, 0.6) is 11.5 Å². The number of nitrogens with zero attached hydrogens (tertiary/aromatic N) is 1. The molecule has 1 aliphatic rings. The topological polar surface area (TPSA) is 114 Å². The van der Waals surface area contributed by atoms with E-state index in [1.54, 1.807) is 27.0 Å². The van der Waals surface area contributed by atoms with Crippen LogP contribution in [0.1, 0.15) is 19.4 Å². The van der Waals surface area contributed by atoms with Crippen LogP contribution in [0.2, 0.25) is 0 Å². The van der Waals surface area contributed by atoms with Crippen LogP contribution in [0.15, 0.2) is 47.4 Å². The number of hydrogen-bond donors (Lipinski definition) is 2. The zero-order valence-corrected chi connectivity index (χ0v) is 18.4. The van der Waals surface area contributed by atoms with Crippen LogP contribution < -0.4 is 24.4 Å². The van der Waals surface area contributed by atoms with Crippen molar-refractivity contribution in [3.05, 3.63) is 48.0 Å². The number of rotatable bonds is 8. The van der Waals surface area contributed by atoms with Crippen LogP contribution >= 0.6 is 0 Å². The molecule has 10 heteroatoms. The molecule has 166 valence electrons. The van der Waals surface area contributed by atoms with E-state index in [0.717, 1.165) is 5.56 Å². The van der Waals surface area contributed by atoms with Gasteiger partial charge in [-0.05, 0) is 38.1 Å². The predicted octanol–water partition coefficient (Wildman–Crippen LogP) is 1.42. The summed E-state index contributed by atoms with van der Waals surface area (Å²) in [5.41, 5.74) is 1.02. The van der Waals surface area contributed by atoms with Crippen LogP contribution in [0.4, 0.5) is 5.69 Å². The number of anilines is 1. The molecule has 0 aromatic heterocycles. The van der Waals surface area contributed by atoms with E-state index in [0.29, 0.717) is 11.5 Å². The second-order valence-electron chi connectivity index (χ2n) is 7.26. The minimum Gasteiger partial charge on any atom is -0.496 e. The minimum atomic E-state index is -3.77. The Morgan fingerprint density at radius 2 is 1.97 bits per heavy atom. The van der Waals surface area contributed by atoms with E-state index >= 15 is 0 Å². The van der Waals surface area contributed by atoms with Crippen molar-refractivity contribution in [2.45, 2.75) is 31.3 Å². The smallest absolute Gasteiger partial charge is 0.265 e. The van der Waals surface area contributed by atoms with Gasteiger partial charge in [0, 0.05) is 18.2 Å². The molecule has 0 aliphatic carbocycles. The Morgan fingerprint density at radius 1 is 1.23 bits per heavy atom. The molecule has 2 aromatic carbocycles. The maximum absolute atomic E-state index is 12.5. The lowest BCUT2D eigenvalue weighted by molar-refractivity contribution is -0.125. The highest BCUT2D eigenvalue weighted by Crippen LogP contribution is 2.34. The molecule has 0 saturated carbocycles. The zero-order chi connectivity index (χ0) is 22.6. The summed E-state index contributed by atoms with van der Waals surface area (Å²) in [5, 5.41) is 2.76. The van der Waals surface area contributed by atoms with Gasteiger partial charge in [0.2, 0.25) is 15.9 Å². The van der Waals surface area contributed by atoms with E-state index < -0.39 is 21.8 Å². The van der Waals surface area contributed by atoms with Crippen molar-refractivity contribution in [3.63, 3.8) is 0 Å². The summed E-state index contributed by atoms with van der Waals surface area (Å²) in [6.07, 6.45) is 0. The molecular weight excluding hydrogens is 422 g/mol. The lowest BCUT2D eigenvalue weighted by atomic mass is 10.2. The number of methoxy groups -OCH3 is 1. The van der Waals surface area contributed by atoms with Crippen molar-refractivity contribution >= 4 is 27.5 Å². The number of ether oxygens (including phenoxy) is 2. The molecule has 0 unspecified atom stereocenters. The molecule has 1 aliphatic heterocycles. The van der Waals surface area contributed by atoms with Gasteiger partial charge in [0.15, 0.2) is 6.61 Å². The molecule has 0 fully saturated rings. The standard InChI is InChI=1S/C21H25N3O6S/c1-14(2)23-31(27,28)16-8-9-19-17(10-16)24(21(26)13-30-19)12-20(25)22-11-15-6-4-5-7-18(15)29-3/h4-10,14,23H,11-13H2,1-3H3,(H,22,25). The molecule has 0 atom stereocenters.